The molecule has 102 valence electrons. The van der Waals surface area contributed by atoms with Gasteiger partial charge in [-0.1, -0.05) is 19.3 Å². The van der Waals surface area contributed by atoms with Gasteiger partial charge in [0.15, 0.2) is 0 Å². The highest BCUT2D eigenvalue weighted by molar-refractivity contribution is 5.83. The molecule has 1 saturated heterocycles. The van der Waals surface area contributed by atoms with E-state index in [0.29, 0.717) is 6.42 Å². The van der Waals surface area contributed by atoms with E-state index < -0.39 is 0 Å². The molecule has 0 aromatic rings. The number of rotatable bonds is 3. The summed E-state index contributed by atoms with van der Waals surface area (Å²) in [5.74, 6) is -0.136. The van der Waals surface area contributed by atoms with E-state index in [1.807, 2.05) is 0 Å². The third kappa shape index (κ3) is 3.98. The van der Waals surface area contributed by atoms with Crippen molar-refractivity contribution in [3.63, 3.8) is 0 Å². The van der Waals surface area contributed by atoms with Crippen molar-refractivity contribution in [3.8, 4) is 0 Å². The second kappa shape index (κ2) is 6.73. The van der Waals surface area contributed by atoms with Crippen LogP contribution in [0.15, 0.2) is 0 Å². The summed E-state index contributed by atoms with van der Waals surface area (Å²) in [6.45, 7) is 0.742. The second-order valence-electron chi connectivity index (χ2n) is 5.21. The van der Waals surface area contributed by atoms with Gasteiger partial charge in [0.2, 0.25) is 11.8 Å². The lowest BCUT2D eigenvalue weighted by Crippen LogP contribution is -2.45. The first-order valence-corrected chi connectivity index (χ1v) is 6.96. The van der Waals surface area contributed by atoms with E-state index >= 15 is 0 Å². The number of nitrogens with one attached hydrogen (secondary N) is 2. The molecule has 1 saturated carbocycles. The Morgan fingerprint density at radius 1 is 1.00 bits per heavy atom. The molecular formula is C13H22N2O3. The SMILES string of the molecule is O=C(CC1CCCO1)NNC(=O)C1CCCCC1. The standard InChI is InChI=1S/C13H22N2O3/c16-12(9-11-7-4-8-18-11)14-15-13(17)10-5-2-1-3-6-10/h10-11H,1-9H2,(H,14,16)(H,15,17). The minimum absolute atomic E-state index is 0.0246. The fourth-order valence-electron chi connectivity index (χ4n) is 2.66. The van der Waals surface area contributed by atoms with Gasteiger partial charge in [0.25, 0.3) is 0 Å². The van der Waals surface area contributed by atoms with E-state index in [4.69, 9.17) is 4.74 Å². The van der Waals surface area contributed by atoms with Crippen LogP contribution in [-0.2, 0) is 14.3 Å². The van der Waals surface area contributed by atoms with E-state index in [1.165, 1.54) is 6.42 Å². The molecule has 5 nitrogen and oxygen atoms in total. The Labute approximate surface area is 108 Å². The predicted octanol–water partition coefficient (Wildman–Crippen LogP) is 1.28. The molecule has 0 spiro atoms. The Morgan fingerprint density at radius 3 is 2.44 bits per heavy atom. The van der Waals surface area contributed by atoms with Crippen LogP contribution in [0.3, 0.4) is 0 Å². The van der Waals surface area contributed by atoms with E-state index in [0.717, 1.165) is 45.1 Å². The number of amides is 2. The smallest absolute Gasteiger partial charge is 0.241 e. The maximum atomic E-state index is 11.8. The van der Waals surface area contributed by atoms with Crippen LogP contribution >= 0.6 is 0 Å². The largest absolute Gasteiger partial charge is 0.378 e. The van der Waals surface area contributed by atoms with Gasteiger partial charge in [-0.05, 0) is 25.7 Å². The van der Waals surface area contributed by atoms with Gasteiger partial charge in [0.05, 0.1) is 12.5 Å². The number of carbonyl (C=O) groups is 2. The van der Waals surface area contributed by atoms with Gasteiger partial charge in [-0.3, -0.25) is 20.4 Å². The van der Waals surface area contributed by atoms with Crippen molar-refractivity contribution in [2.24, 2.45) is 5.92 Å². The number of hydrogen-bond acceptors (Lipinski definition) is 3. The molecule has 2 N–H and O–H groups in total. The lowest BCUT2D eigenvalue weighted by Gasteiger charge is -2.21. The Balaban J connectivity index is 1.63. The summed E-state index contributed by atoms with van der Waals surface area (Å²) in [6.07, 6.45) is 7.64. The molecule has 1 heterocycles. The van der Waals surface area contributed by atoms with Crippen molar-refractivity contribution in [1.82, 2.24) is 10.9 Å². The first-order chi connectivity index (χ1) is 8.75. The van der Waals surface area contributed by atoms with Gasteiger partial charge < -0.3 is 4.74 Å². The van der Waals surface area contributed by atoms with Crippen LogP contribution in [-0.4, -0.2) is 24.5 Å². The average molecular weight is 254 g/mol. The highest BCUT2D eigenvalue weighted by Crippen LogP contribution is 2.23. The van der Waals surface area contributed by atoms with Gasteiger partial charge in [0.1, 0.15) is 0 Å². The highest BCUT2D eigenvalue weighted by Gasteiger charge is 2.22. The van der Waals surface area contributed by atoms with E-state index in [2.05, 4.69) is 10.9 Å². The molecule has 2 fully saturated rings. The van der Waals surface area contributed by atoms with Crippen molar-refractivity contribution in [2.75, 3.05) is 6.61 Å². The topological polar surface area (TPSA) is 67.4 Å². The number of carbonyl (C=O) groups excluding carboxylic acids is 2. The third-order valence-electron chi connectivity index (χ3n) is 3.74. The summed E-state index contributed by atoms with van der Waals surface area (Å²) in [5.41, 5.74) is 5.02. The molecule has 2 rings (SSSR count). The van der Waals surface area contributed by atoms with Crippen LogP contribution < -0.4 is 10.9 Å². The molecule has 1 unspecified atom stereocenters. The fourth-order valence-corrected chi connectivity index (χ4v) is 2.66. The zero-order chi connectivity index (χ0) is 12.8. The van der Waals surface area contributed by atoms with Gasteiger partial charge in [-0.25, -0.2) is 0 Å². The molecule has 0 aromatic heterocycles. The Kier molecular flexibility index (Phi) is 4.99. The van der Waals surface area contributed by atoms with Crippen LogP contribution in [0, 0.1) is 5.92 Å². The summed E-state index contributed by atoms with van der Waals surface area (Å²) >= 11 is 0. The predicted molar refractivity (Wildman–Crippen MR) is 66.5 cm³/mol. The van der Waals surface area contributed by atoms with E-state index in [1.54, 1.807) is 0 Å². The van der Waals surface area contributed by atoms with Crippen molar-refractivity contribution in [3.05, 3.63) is 0 Å². The fraction of sp³-hybridized carbons (Fsp3) is 0.846. The molecule has 0 radical (unpaired) electrons. The molecule has 0 bridgehead atoms. The second-order valence-corrected chi connectivity index (χ2v) is 5.21. The van der Waals surface area contributed by atoms with E-state index in [-0.39, 0.29) is 23.8 Å². The van der Waals surface area contributed by atoms with E-state index in [9.17, 15) is 9.59 Å². The van der Waals surface area contributed by atoms with Crippen molar-refractivity contribution >= 4 is 11.8 Å². The maximum absolute atomic E-state index is 11.8. The van der Waals surface area contributed by atoms with Crippen LogP contribution in [0.5, 0.6) is 0 Å². The minimum Gasteiger partial charge on any atom is -0.378 e. The molecule has 2 aliphatic rings. The molecule has 2 amide bonds. The lowest BCUT2D eigenvalue weighted by molar-refractivity contribution is -0.132. The van der Waals surface area contributed by atoms with Crippen LogP contribution in [0.1, 0.15) is 51.4 Å². The summed E-state index contributed by atoms with van der Waals surface area (Å²) < 4.78 is 5.37. The third-order valence-corrected chi connectivity index (χ3v) is 3.74. The maximum Gasteiger partial charge on any atom is 0.241 e. The van der Waals surface area contributed by atoms with Gasteiger partial charge in [-0.2, -0.15) is 0 Å². The molecule has 18 heavy (non-hydrogen) atoms. The minimum atomic E-state index is -0.161. The normalized spacial score (nSPS) is 24.8. The van der Waals surface area contributed by atoms with Crippen molar-refractivity contribution in [2.45, 2.75) is 57.5 Å². The van der Waals surface area contributed by atoms with Crippen LogP contribution in [0.4, 0.5) is 0 Å². The van der Waals surface area contributed by atoms with Gasteiger partial charge in [-0.15, -0.1) is 0 Å². The summed E-state index contributed by atoms with van der Waals surface area (Å²) in [4.78, 5) is 23.4. The number of ether oxygens (including phenoxy) is 1. The molecule has 1 atom stereocenters. The van der Waals surface area contributed by atoms with Crippen molar-refractivity contribution < 1.29 is 14.3 Å². The molecular weight excluding hydrogens is 232 g/mol. The first kappa shape index (κ1) is 13.3. The summed E-state index contributed by atoms with van der Waals surface area (Å²) in [5, 5.41) is 0. The molecule has 0 aromatic carbocycles. The molecule has 5 heteroatoms. The first-order valence-electron chi connectivity index (χ1n) is 6.96. The number of hydrazine groups is 1. The highest BCUT2D eigenvalue weighted by atomic mass is 16.5. The Hall–Kier alpha value is -1.10. The zero-order valence-electron chi connectivity index (χ0n) is 10.7. The molecule has 1 aliphatic heterocycles. The summed E-state index contributed by atoms with van der Waals surface area (Å²) in [7, 11) is 0. The molecule has 1 aliphatic carbocycles. The van der Waals surface area contributed by atoms with Crippen LogP contribution in [0.25, 0.3) is 0 Å². The average Bonchev–Trinajstić information content (AvgIpc) is 2.90. The lowest BCUT2D eigenvalue weighted by atomic mass is 9.89. The Morgan fingerprint density at radius 2 is 1.78 bits per heavy atom. The van der Waals surface area contributed by atoms with Gasteiger partial charge in [0, 0.05) is 12.5 Å². The summed E-state index contributed by atoms with van der Waals surface area (Å²) in [6, 6.07) is 0. The van der Waals surface area contributed by atoms with Crippen LogP contribution in [0.2, 0.25) is 0 Å². The number of hydrogen-bond donors (Lipinski definition) is 2. The van der Waals surface area contributed by atoms with Crippen molar-refractivity contribution in [1.29, 1.82) is 0 Å². The Bertz CT molecular complexity index is 295. The zero-order valence-corrected chi connectivity index (χ0v) is 10.7. The monoisotopic (exact) mass is 254 g/mol. The van der Waals surface area contributed by atoms with Gasteiger partial charge >= 0.3 is 0 Å². The quantitative estimate of drug-likeness (QED) is 0.746.